The molecule has 3 heterocycles. The van der Waals surface area contributed by atoms with Crippen LogP contribution >= 0.6 is 0 Å². The first kappa shape index (κ1) is 12.3. The van der Waals surface area contributed by atoms with Gasteiger partial charge in [-0.25, -0.2) is 9.97 Å². The van der Waals surface area contributed by atoms with E-state index in [2.05, 4.69) is 15.1 Å². The molecule has 1 saturated carbocycles. The van der Waals surface area contributed by atoms with Crippen molar-refractivity contribution in [2.75, 3.05) is 0 Å². The molecule has 7 heteroatoms. The molecule has 0 saturated heterocycles. The molecule has 0 aliphatic heterocycles. The summed E-state index contributed by atoms with van der Waals surface area (Å²) < 4.78 is 5.28. The molecule has 0 amide bonds. The molecule has 0 N–H and O–H groups in total. The van der Waals surface area contributed by atoms with Crippen LogP contribution in [0.5, 0.6) is 0 Å². The van der Waals surface area contributed by atoms with Crippen LogP contribution in [0.4, 0.5) is 0 Å². The summed E-state index contributed by atoms with van der Waals surface area (Å²) in [6, 6.07) is -0.0589. The van der Waals surface area contributed by atoms with Crippen molar-refractivity contribution in [2.24, 2.45) is 20.0 Å². The van der Waals surface area contributed by atoms with Crippen LogP contribution in [0.2, 0.25) is 0 Å². The van der Waals surface area contributed by atoms with Gasteiger partial charge >= 0.3 is 0 Å². The molecule has 21 heavy (non-hydrogen) atoms. The second-order valence-electron chi connectivity index (χ2n) is 5.67. The van der Waals surface area contributed by atoms with Gasteiger partial charge < -0.3 is 4.57 Å². The summed E-state index contributed by atoms with van der Waals surface area (Å²) in [4.78, 5) is 21.5. The van der Waals surface area contributed by atoms with Gasteiger partial charge in [0.15, 0.2) is 5.52 Å². The summed E-state index contributed by atoms with van der Waals surface area (Å²) in [6.45, 7) is 0. The van der Waals surface area contributed by atoms with Crippen LogP contribution in [-0.4, -0.2) is 28.9 Å². The number of nitrogens with zero attached hydrogens (tertiary/aromatic N) is 6. The lowest BCUT2D eigenvalue weighted by Crippen LogP contribution is -2.29. The fourth-order valence-corrected chi connectivity index (χ4v) is 2.86. The van der Waals surface area contributed by atoms with E-state index in [0.29, 0.717) is 17.0 Å². The van der Waals surface area contributed by atoms with Crippen LogP contribution in [0.3, 0.4) is 0 Å². The van der Waals surface area contributed by atoms with Gasteiger partial charge in [-0.3, -0.25) is 14.0 Å². The number of hydrogen-bond donors (Lipinski definition) is 0. The molecular formula is C14H16N6O. The Morgan fingerprint density at radius 2 is 2.10 bits per heavy atom. The van der Waals surface area contributed by atoms with Gasteiger partial charge in [-0.1, -0.05) is 0 Å². The maximum absolute atomic E-state index is 12.7. The second kappa shape index (κ2) is 4.28. The zero-order valence-corrected chi connectivity index (χ0v) is 12.0. The Labute approximate surface area is 120 Å². The molecule has 1 aliphatic rings. The van der Waals surface area contributed by atoms with Crippen LogP contribution in [0.1, 0.15) is 24.7 Å². The third kappa shape index (κ3) is 1.88. The summed E-state index contributed by atoms with van der Waals surface area (Å²) in [5.41, 5.74) is 0.952. The summed E-state index contributed by atoms with van der Waals surface area (Å²) in [6.07, 6.45) is 9.29. The molecule has 1 atom stereocenters. The fraction of sp³-hybridized carbons (Fsp3) is 0.429. The maximum atomic E-state index is 12.7. The predicted octanol–water partition coefficient (Wildman–Crippen LogP) is 0.863. The van der Waals surface area contributed by atoms with Crippen molar-refractivity contribution in [1.82, 2.24) is 28.9 Å². The Balaban J connectivity index is 1.92. The Hall–Kier alpha value is -2.44. The quantitative estimate of drug-likeness (QED) is 0.715. The standard InChI is InChI=1S/C14H16N6O/c1-18-6-5-15-13(18)12(9-3-4-9)20-8-16-10-7-19(2)17-11(10)14(20)21/h5-9,12H,3-4H2,1-2H3. The third-order valence-corrected chi connectivity index (χ3v) is 4.06. The highest BCUT2D eigenvalue weighted by Crippen LogP contribution is 2.42. The molecule has 4 rings (SSSR count). The van der Waals surface area contributed by atoms with E-state index in [0.717, 1.165) is 18.7 Å². The Bertz CT molecular complexity index is 869. The molecule has 0 aromatic carbocycles. The number of aryl methyl sites for hydroxylation is 2. The Morgan fingerprint density at radius 1 is 1.29 bits per heavy atom. The topological polar surface area (TPSA) is 70.5 Å². The van der Waals surface area contributed by atoms with Crippen molar-refractivity contribution in [1.29, 1.82) is 0 Å². The van der Waals surface area contributed by atoms with Gasteiger partial charge in [0, 0.05) is 26.5 Å². The zero-order chi connectivity index (χ0) is 14.6. The number of imidazole rings is 1. The van der Waals surface area contributed by atoms with Gasteiger partial charge in [0.25, 0.3) is 5.56 Å². The molecule has 1 unspecified atom stereocenters. The van der Waals surface area contributed by atoms with Gasteiger partial charge in [-0.05, 0) is 18.8 Å². The average Bonchev–Trinajstić information content (AvgIpc) is 3.08. The lowest BCUT2D eigenvalue weighted by Gasteiger charge is -2.18. The van der Waals surface area contributed by atoms with Crippen molar-refractivity contribution in [3.05, 3.63) is 41.1 Å². The van der Waals surface area contributed by atoms with E-state index >= 15 is 0 Å². The molecule has 3 aromatic heterocycles. The van der Waals surface area contributed by atoms with Crippen LogP contribution in [0, 0.1) is 5.92 Å². The van der Waals surface area contributed by atoms with E-state index in [-0.39, 0.29) is 11.6 Å². The summed E-state index contributed by atoms with van der Waals surface area (Å²) in [5, 5.41) is 4.23. The van der Waals surface area contributed by atoms with E-state index in [9.17, 15) is 4.79 Å². The van der Waals surface area contributed by atoms with Crippen LogP contribution in [0.15, 0.2) is 29.7 Å². The molecule has 0 radical (unpaired) electrons. The SMILES string of the molecule is Cn1cc2ncn(C(c3nccn3C)C3CC3)c(=O)c2n1. The number of rotatable bonds is 3. The Morgan fingerprint density at radius 3 is 2.76 bits per heavy atom. The van der Waals surface area contributed by atoms with Crippen molar-refractivity contribution < 1.29 is 0 Å². The highest BCUT2D eigenvalue weighted by atomic mass is 16.1. The van der Waals surface area contributed by atoms with E-state index in [1.807, 2.05) is 17.8 Å². The minimum Gasteiger partial charge on any atom is -0.336 e. The number of hydrogen-bond acceptors (Lipinski definition) is 4. The van der Waals surface area contributed by atoms with Crippen molar-refractivity contribution in [3.63, 3.8) is 0 Å². The van der Waals surface area contributed by atoms with Gasteiger partial charge in [-0.15, -0.1) is 0 Å². The van der Waals surface area contributed by atoms with Gasteiger partial charge in [0.05, 0.1) is 18.6 Å². The van der Waals surface area contributed by atoms with Gasteiger partial charge in [-0.2, -0.15) is 5.10 Å². The largest absolute Gasteiger partial charge is 0.336 e. The van der Waals surface area contributed by atoms with Crippen molar-refractivity contribution in [2.45, 2.75) is 18.9 Å². The summed E-state index contributed by atoms with van der Waals surface area (Å²) >= 11 is 0. The molecule has 0 bridgehead atoms. The fourth-order valence-electron chi connectivity index (χ4n) is 2.86. The van der Waals surface area contributed by atoms with Gasteiger partial charge in [0.2, 0.25) is 0 Å². The lowest BCUT2D eigenvalue weighted by molar-refractivity contribution is 0.463. The zero-order valence-electron chi connectivity index (χ0n) is 12.0. The normalized spacial score (nSPS) is 16.5. The molecule has 7 nitrogen and oxygen atoms in total. The van der Waals surface area contributed by atoms with E-state index in [1.54, 1.807) is 35.0 Å². The first-order valence-electron chi connectivity index (χ1n) is 7.03. The van der Waals surface area contributed by atoms with Crippen LogP contribution in [0.25, 0.3) is 11.0 Å². The van der Waals surface area contributed by atoms with Crippen molar-refractivity contribution >= 4 is 11.0 Å². The number of fused-ring (bicyclic) bond motifs is 1. The molecule has 1 fully saturated rings. The summed E-state index contributed by atoms with van der Waals surface area (Å²) in [7, 11) is 3.75. The monoisotopic (exact) mass is 284 g/mol. The van der Waals surface area contributed by atoms with Crippen LogP contribution < -0.4 is 5.56 Å². The van der Waals surface area contributed by atoms with E-state index < -0.39 is 0 Å². The first-order valence-corrected chi connectivity index (χ1v) is 7.03. The molecule has 1 aliphatic carbocycles. The molecular weight excluding hydrogens is 268 g/mol. The first-order chi connectivity index (χ1) is 10.1. The third-order valence-electron chi connectivity index (χ3n) is 4.06. The smallest absolute Gasteiger partial charge is 0.282 e. The Kier molecular flexibility index (Phi) is 2.51. The molecule has 0 spiro atoms. The van der Waals surface area contributed by atoms with Gasteiger partial charge in [0.1, 0.15) is 11.3 Å². The minimum absolute atomic E-state index is 0.0589. The van der Waals surface area contributed by atoms with Crippen molar-refractivity contribution in [3.8, 4) is 0 Å². The molecule has 108 valence electrons. The highest BCUT2D eigenvalue weighted by molar-refractivity contribution is 5.71. The molecule has 3 aromatic rings. The number of aromatic nitrogens is 6. The van der Waals surface area contributed by atoms with Crippen LogP contribution in [-0.2, 0) is 14.1 Å². The summed E-state index contributed by atoms with van der Waals surface area (Å²) in [5.74, 6) is 1.35. The van der Waals surface area contributed by atoms with E-state index in [4.69, 9.17) is 0 Å². The second-order valence-corrected chi connectivity index (χ2v) is 5.67. The maximum Gasteiger partial charge on any atom is 0.282 e. The minimum atomic E-state index is -0.0968. The van der Waals surface area contributed by atoms with E-state index in [1.165, 1.54) is 0 Å². The average molecular weight is 284 g/mol. The highest BCUT2D eigenvalue weighted by Gasteiger charge is 2.37. The predicted molar refractivity (Wildman–Crippen MR) is 76.8 cm³/mol. The lowest BCUT2D eigenvalue weighted by atomic mass is 10.1.